The lowest BCUT2D eigenvalue weighted by molar-refractivity contribution is 0.0936. The Hall–Kier alpha value is -1.55. The molecule has 0 aromatic heterocycles. The van der Waals surface area contributed by atoms with E-state index in [4.69, 9.17) is 10.5 Å². The van der Waals surface area contributed by atoms with E-state index in [0.29, 0.717) is 19.1 Å². The van der Waals surface area contributed by atoms with Crippen molar-refractivity contribution >= 4 is 11.6 Å². The Morgan fingerprint density at radius 3 is 2.94 bits per heavy atom. The minimum Gasteiger partial charge on any atom is -0.399 e. The van der Waals surface area contributed by atoms with E-state index < -0.39 is 0 Å². The van der Waals surface area contributed by atoms with E-state index in [-0.39, 0.29) is 5.91 Å². The van der Waals surface area contributed by atoms with Gasteiger partial charge in [-0.05, 0) is 42.5 Å². The number of hydrogen-bond acceptors (Lipinski definition) is 3. The summed E-state index contributed by atoms with van der Waals surface area (Å²) in [5.74, 6) is 0.477. The number of anilines is 1. The number of nitrogen functional groups attached to an aromatic ring is 1. The van der Waals surface area contributed by atoms with Crippen LogP contribution in [0.1, 0.15) is 34.7 Å². The molecule has 1 amide bonds. The topological polar surface area (TPSA) is 64.3 Å². The number of amides is 1. The highest BCUT2D eigenvalue weighted by Crippen LogP contribution is 2.42. The van der Waals surface area contributed by atoms with Gasteiger partial charge in [-0.2, -0.15) is 0 Å². The lowest BCUT2D eigenvalue weighted by Crippen LogP contribution is -2.27. The Morgan fingerprint density at radius 2 is 2.29 bits per heavy atom. The number of hydrogen-bond donors (Lipinski definition) is 2. The fourth-order valence-corrected chi connectivity index (χ4v) is 1.88. The third-order valence-corrected chi connectivity index (χ3v) is 2.93. The van der Waals surface area contributed by atoms with Crippen molar-refractivity contribution in [3.63, 3.8) is 0 Å². The molecule has 0 aliphatic heterocycles. The molecule has 2 rings (SSSR count). The van der Waals surface area contributed by atoms with Gasteiger partial charge in [0.05, 0.1) is 6.61 Å². The largest absolute Gasteiger partial charge is 0.399 e. The molecule has 0 saturated heterocycles. The van der Waals surface area contributed by atoms with E-state index in [9.17, 15) is 4.79 Å². The molecule has 3 N–H and O–H groups in total. The number of rotatable bonds is 5. The number of carbonyl (C=O) groups is 1. The Morgan fingerprint density at radius 1 is 1.53 bits per heavy atom. The highest BCUT2D eigenvalue weighted by Gasteiger charge is 2.28. The Bertz CT molecular complexity index is 414. The second kappa shape index (κ2) is 5.19. The molecule has 0 bridgehead atoms. The summed E-state index contributed by atoms with van der Waals surface area (Å²) in [7, 11) is 1.62. The molecule has 92 valence electrons. The highest BCUT2D eigenvalue weighted by atomic mass is 16.5. The van der Waals surface area contributed by atoms with Gasteiger partial charge in [0.2, 0.25) is 0 Å². The maximum atomic E-state index is 12.0. The molecule has 1 aliphatic carbocycles. The van der Waals surface area contributed by atoms with Gasteiger partial charge in [-0.3, -0.25) is 4.79 Å². The van der Waals surface area contributed by atoms with E-state index in [1.165, 1.54) is 0 Å². The van der Waals surface area contributed by atoms with E-state index >= 15 is 0 Å². The number of methoxy groups -OCH3 is 1. The SMILES string of the molecule is COCCNC(=O)c1ccc(N)cc1C1CC1. The maximum Gasteiger partial charge on any atom is 0.251 e. The first kappa shape index (κ1) is 11.9. The van der Waals surface area contributed by atoms with E-state index in [2.05, 4.69) is 5.32 Å². The molecule has 17 heavy (non-hydrogen) atoms. The lowest BCUT2D eigenvalue weighted by Gasteiger charge is -2.10. The van der Waals surface area contributed by atoms with Gasteiger partial charge in [0.25, 0.3) is 5.91 Å². The minimum absolute atomic E-state index is 0.0380. The number of ether oxygens (including phenoxy) is 1. The van der Waals surface area contributed by atoms with Crippen molar-refractivity contribution in [2.24, 2.45) is 0 Å². The monoisotopic (exact) mass is 234 g/mol. The normalized spacial score (nSPS) is 14.6. The molecule has 1 fully saturated rings. The van der Waals surface area contributed by atoms with Crippen molar-refractivity contribution in [1.29, 1.82) is 0 Å². The van der Waals surface area contributed by atoms with Crippen LogP contribution in [0.15, 0.2) is 18.2 Å². The third kappa shape index (κ3) is 2.97. The van der Waals surface area contributed by atoms with Crippen LogP contribution in [0, 0.1) is 0 Å². The van der Waals surface area contributed by atoms with Gasteiger partial charge in [-0.15, -0.1) is 0 Å². The average Bonchev–Trinajstić information content (AvgIpc) is 3.13. The molecule has 0 unspecified atom stereocenters. The summed E-state index contributed by atoms with van der Waals surface area (Å²) in [4.78, 5) is 12.0. The molecule has 1 aromatic carbocycles. The van der Waals surface area contributed by atoms with Crippen molar-refractivity contribution in [2.45, 2.75) is 18.8 Å². The fraction of sp³-hybridized carbons (Fsp3) is 0.462. The molecule has 0 spiro atoms. The van der Waals surface area contributed by atoms with E-state index in [1.807, 2.05) is 12.1 Å². The number of nitrogens with two attached hydrogens (primary N) is 1. The van der Waals surface area contributed by atoms with Crippen LogP contribution < -0.4 is 11.1 Å². The molecule has 4 nitrogen and oxygen atoms in total. The zero-order valence-corrected chi connectivity index (χ0v) is 10.0. The van der Waals surface area contributed by atoms with Crippen molar-refractivity contribution < 1.29 is 9.53 Å². The summed E-state index contributed by atoms with van der Waals surface area (Å²) < 4.78 is 4.90. The van der Waals surface area contributed by atoms with Crippen molar-refractivity contribution in [3.8, 4) is 0 Å². The molecule has 0 radical (unpaired) electrons. The van der Waals surface area contributed by atoms with Crippen molar-refractivity contribution in [3.05, 3.63) is 29.3 Å². The predicted molar refractivity (Wildman–Crippen MR) is 67.0 cm³/mol. The zero-order chi connectivity index (χ0) is 12.3. The lowest BCUT2D eigenvalue weighted by atomic mass is 10.0. The summed E-state index contributed by atoms with van der Waals surface area (Å²) >= 11 is 0. The first-order valence-corrected chi connectivity index (χ1v) is 5.89. The van der Waals surface area contributed by atoms with Gasteiger partial charge >= 0.3 is 0 Å². The minimum atomic E-state index is -0.0380. The third-order valence-electron chi connectivity index (χ3n) is 2.93. The number of nitrogens with one attached hydrogen (secondary N) is 1. The van der Waals surface area contributed by atoms with E-state index in [0.717, 1.165) is 29.7 Å². The Balaban J connectivity index is 2.10. The summed E-state index contributed by atoms with van der Waals surface area (Å²) in [6, 6.07) is 5.51. The van der Waals surface area contributed by atoms with Gasteiger partial charge in [-0.25, -0.2) is 0 Å². The highest BCUT2D eigenvalue weighted by molar-refractivity contribution is 5.96. The standard InChI is InChI=1S/C13H18N2O2/c1-17-7-6-15-13(16)11-5-4-10(14)8-12(11)9-2-3-9/h4-5,8-9H,2-3,6-7,14H2,1H3,(H,15,16). The van der Waals surface area contributed by atoms with Gasteiger partial charge in [0, 0.05) is 24.9 Å². The van der Waals surface area contributed by atoms with Crippen LogP contribution in [0.5, 0.6) is 0 Å². The van der Waals surface area contributed by atoms with Gasteiger partial charge in [-0.1, -0.05) is 0 Å². The fourth-order valence-electron chi connectivity index (χ4n) is 1.88. The van der Waals surface area contributed by atoms with Gasteiger partial charge < -0.3 is 15.8 Å². The summed E-state index contributed by atoms with van der Waals surface area (Å²) in [6.45, 7) is 1.06. The predicted octanol–water partition coefficient (Wildman–Crippen LogP) is 1.52. The molecule has 4 heteroatoms. The van der Waals surface area contributed by atoms with Crippen LogP contribution >= 0.6 is 0 Å². The molecule has 0 heterocycles. The van der Waals surface area contributed by atoms with Crippen molar-refractivity contribution in [1.82, 2.24) is 5.32 Å². The molecular weight excluding hydrogens is 216 g/mol. The molecule has 1 saturated carbocycles. The second-order valence-electron chi connectivity index (χ2n) is 4.37. The summed E-state index contributed by atoms with van der Waals surface area (Å²) in [6.07, 6.45) is 2.31. The maximum absolute atomic E-state index is 12.0. The number of carbonyl (C=O) groups excluding carboxylic acids is 1. The van der Waals surface area contributed by atoms with Crippen LogP contribution in [-0.2, 0) is 4.74 Å². The second-order valence-corrected chi connectivity index (χ2v) is 4.37. The van der Waals surface area contributed by atoms with Gasteiger partial charge in [0.15, 0.2) is 0 Å². The summed E-state index contributed by atoms with van der Waals surface area (Å²) in [5, 5.41) is 2.84. The molecule has 1 aliphatic rings. The van der Waals surface area contributed by atoms with Crippen LogP contribution in [0.4, 0.5) is 5.69 Å². The van der Waals surface area contributed by atoms with Crippen LogP contribution in [0.25, 0.3) is 0 Å². The average molecular weight is 234 g/mol. The van der Waals surface area contributed by atoms with Crippen LogP contribution in [0.2, 0.25) is 0 Å². The van der Waals surface area contributed by atoms with Gasteiger partial charge in [0.1, 0.15) is 0 Å². The number of benzene rings is 1. The molecule has 0 atom stereocenters. The van der Waals surface area contributed by atoms with Crippen LogP contribution in [0.3, 0.4) is 0 Å². The molecule has 1 aromatic rings. The quantitative estimate of drug-likeness (QED) is 0.599. The van der Waals surface area contributed by atoms with Crippen molar-refractivity contribution in [2.75, 3.05) is 26.0 Å². The Kier molecular flexibility index (Phi) is 3.64. The Labute approximate surface area is 101 Å². The molecular formula is C13H18N2O2. The van der Waals surface area contributed by atoms with Crippen LogP contribution in [-0.4, -0.2) is 26.2 Å². The first-order valence-electron chi connectivity index (χ1n) is 5.89. The first-order chi connectivity index (χ1) is 8.22. The zero-order valence-electron chi connectivity index (χ0n) is 10.0. The summed E-state index contributed by atoms with van der Waals surface area (Å²) in [5.41, 5.74) is 8.32. The smallest absolute Gasteiger partial charge is 0.251 e. The van der Waals surface area contributed by atoms with E-state index in [1.54, 1.807) is 13.2 Å².